The van der Waals surface area contributed by atoms with Crippen LogP contribution >= 0.6 is 0 Å². The van der Waals surface area contributed by atoms with Gasteiger partial charge in [0, 0.05) is 19.8 Å². The molecule has 3 N–H and O–H groups in total. The number of hydrazine groups is 1. The van der Waals surface area contributed by atoms with Gasteiger partial charge in [-0.15, -0.1) is 0 Å². The monoisotopic (exact) mass is 236 g/mol. The molecule has 0 aliphatic rings. The van der Waals surface area contributed by atoms with E-state index in [1.54, 1.807) is 7.11 Å². The lowest BCUT2D eigenvalue weighted by Crippen LogP contribution is -2.37. The van der Waals surface area contributed by atoms with E-state index >= 15 is 0 Å². The van der Waals surface area contributed by atoms with E-state index in [1.807, 2.05) is 6.07 Å². The van der Waals surface area contributed by atoms with Gasteiger partial charge in [0.05, 0.1) is 0 Å². The molecule has 0 aromatic heterocycles. The molecule has 2 atom stereocenters. The fraction of sp³-hybridized carbons (Fsp3) is 0.571. The Labute approximate surface area is 104 Å². The van der Waals surface area contributed by atoms with Crippen LogP contribution in [-0.4, -0.2) is 19.8 Å². The Hall–Kier alpha value is -0.900. The Kier molecular flexibility index (Phi) is 6.86. The van der Waals surface area contributed by atoms with Crippen molar-refractivity contribution in [2.24, 2.45) is 11.8 Å². The van der Waals surface area contributed by atoms with E-state index in [1.165, 1.54) is 5.56 Å². The van der Waals surface area contributed by atoms with Crippen LogP contribution in [0.3, 0.4) is 0 Å². The second kappa shape index (κ2) is 8.23. The lowest BCUT2D eigenvalue weighted by molar-refractivity contribution is 0.148. The van der Waals surface area contributed by atoms with Crippen LogP contribution in [0.25, 0.3) is 0 Å². The molecule has 0 aliphatic carbocycles. The van der Waals surface area contributed by atoms with Crippen molar-refractivity contribution in [3.63, 3.8) is 0 Å². The highest BCUT2D eigenvalue weighted by Gasteiger charge is 2.11. The summed E-state index contributed by atoms with van der Waals surface area (Å²) in [6.45, 7) is 2.99. The van der Waals surface area contributed by atoms with Crippen LogP contribution < -0.4 is 11.3 Å². The number of hydrogen-bond donors (Lipinski definition) is 2. The summed E-state index contributed by atoms with van der Waals surface area (Å²) in [5.74, 6) is 6.13. The molecule has 0 saturated carbocycles. The predicted molar refractivity (Wildman–Crippen MR) is 71.5 cm³/mol. The summed E-state index contributed by atoms with van der Waals surface area (Å²) in [5.41, 5.74) is 4.27. The van der Waals surface area contributed by atoms with Crippen molar-refractivity contribution in [2.75, 3.05) is 13.7 Å². The molecule has 0 radical (unpaired) electrons. The number of nitrogens with two attached hydrogens (primary N) is 1. The molecular weight excluding hydrogens is 212 g/mol. The van der Waals surface area contributed by atoms with Gasteiger partial charge in [0.15, 0.2) is 0 Å². The Morgan fingerprint density at radius 1 is 1.29 bits per heavy atom. The zero-order valence-electron chi connectivity index (χ0n) is 10.9. The van der Waals surface area contributed by atoms with E-state index in [9.17, 15) is 0 Å². The number of methoxy groups -OCH3 is 1. The molecule has 3 heteroatoms. The second-order valence-corrected chi connectivity index (χ2v) is 4.68. The van der Waals surface area contributed by atoms with E-state index in [0.717, 1.165) is 25.9 Å². The summed E-state index contributed by atoms with van der Waals surface area (Å²) in [6, 6.07) is 10.9. The maximum absolute atomic E-state index is 5.59. The first-order chi connectivity index (χ1) is 8.26. The van der Waals surface area contributed by atoms with Crippen molar-refractivity contribution in [3.05, 3.63) is 35.9 Å². The van der Waals surface area contributed by atoms with E-state index < -0.39 is 0 Å². The average Bonchev–Trinajstić information content (AvgIpc) is 2.36. The van der Waals surface area contributed by atoms with Crippen LogP contribution in [-0.2, 0) is 11.2 Å². The summed E-state index contributed by atoms with van der Waals surface area (Å²) in [7, 11) is 1.74. The molecule has 1 aromatic carbocycles. The topological polar surface area (TPSA) is 47.3 Å². The molecule has 2 unspecified atom stereocenters. The molecule has 96 valence electrons. The van der Waals surface area contributed by atoms with Crippen molar-refractivity contribution in [1.82, 2.24) is 5.43 Å². The number of nitrogens with one attached hydrogen (secondary N) is 1. The Bertz CT molecular complexity index is 290. The molecule has 1 aromatic rings. The van der Waals surface area contributed by atoms with Crippen molar-refractivity contribution in [3.8, 4) is 0 Å². The molecule has 0 heterocycles. The van der Waals surface area contributed by atoms with Gasteiger partial charge in [-0.05, 0) is 30.7 Å². The number of rotatable bonds is 8. The smallest absolute Gasteiger partial charge is 0.0488 e. The van der Waals surface area contributed by atoms with Gasteiger partial charge in [0.2, 0.25) is 0 Å². The highest BCUT2D eigenvalue weighted by molar-refractivity contribution is 5.14. The third-order valence-corrected chi connectivity index (χ3v) is 3.00. The average molecular weight is 236 g/mol. The van der Waals surface area contributed by atoms with E-state index in [-0.39, 0.29) is 0 Å². The highest BCUT2D eigenvalue weighted by atomic mass is 16.5. The standard InChI is InChI=1S/C14H24N2O/c1-12(11-17-2)10-14(16-15)9-8-13-6-4-3-5-7-13/h3-7,12,14,16H,8-11,15H2,1-2H3. The molecule has 0 spiro atoms. The van der Waals surface area contributed by atoms with Crippen molar-refractivity contribution >= 4 is 0 Å². The fourth-order valence-corrected chi connectivity index (χ4v) is 2.09. The molecule has 0 bridgehead atoms. The number of benzene rings is 1. The van der Waals surface area contributed by atoms with Crippen molar-refractivity contribution in [2.45, 2.75) is 32.2 Å². The van der Waals surface area contributed by atoms with Gasteiger partial charge < -0.3 is 4.74 Å². The fourth-order valence-electron chi connectivity index (χ4n) is 2.09. The summed E-state index contributed by atoms with van der Waals surface area (Å²) >= 11 is 0. The molecule has 3 nitrogen and oxygen atoms in total. The maximum atomic E-state index is 5.59. The molecular formula is C14H24N2O. The zero-order valence-corrected chi connectivity index (χ0v) is 10.9. The first kappa shape index (κ1) is 14.2. The summed E-state index contributed by atoms with van der Waals surface area (Å²) in [4.78, 5) is 0. The Morgan fingerprint density at radius 2 is 2.00 bits per heavy atom. The summed E-state index contributed by atoms with van der Waals surface area (Å²) in [6.07, 6.45) is 3.18. The summed E-state index contributed by atoms with van der Waals surface area (Å²) < 4.78 is 5.14. The van der Waals surface area contributed by atoms with Crippen LogP contribution in [0, 0.1) is 5.92 Å². The minimum atomic E-state index is 0.361. The first-order valence-corrected chi connectivity index (χ1v) is 6.25. The van der Waals surface area contributed by atoms with E-state index in [4.69, 9.17) is 10.6 Å². The lowest BCUT2D eigenvalue weighted by atomic mass is 9.97. The SMILES string of the molecule is COCC(C)CC(CCc1ccccc1)NN. The molecule has 17 heavy (non-hydrogen) atoms. The van der Waals surface area contributed by atoms with Crippen LogP contribution in [0.5, 0.6) is 0 Å². The third kappa shape index (κ3) is 5.82. The van der Waals surface area contributed by atoms with Crippen LogP contribution in [0.4, 0.5) is 0 Å². The van der Waals surface area contributed by atoms with Gasteiger partial charge in [-0.3, -0.25) is 11.3 Å². The van der Waals surface area contributed by atoms with Gasteiger partial charge in [0.1, 0.15) is 0 Å². The largest absolute Gasteiger partial charge is 0.384 e. The molecule has 0 saturated heterocycles. The lowest BCUT2D eigenvalue weighted by Gasteiger charge is -2.19. The highest BCUT2D eigenvalue weighted by Crippen LogP contribution is 2.12. The normalized spacial score (nSPS) is 14.5. The van der Waals surface area contributed by atoms with Crippen molar-refractivity contribution < 1.29 is 4.74 Å². The number of aryl methyl sites for hydroxylation is 1. The quantitative estimate of drug-likeness (QED) is 0.537. The molecule has 0 amide bonds. The third-order valence-electron chi connectivity index (χ3n) is 3.00. The van der Waals surface area contributed by atoms with Crippen LogP contribution in [0.2, 0.25) is 0 Å². The Morgan fingerprint density at radius 3 is 2.59 bits per heavy atom. The Balaban J connectivity index is 2.32. The number of hydrogen-bond acceptors (Lipinski definition) is 3. The van der Waals surface area contributed by atoms with Gasteiger partial charge in [-0.25, -0.2) is 0 Å². The number of ether oxygens (including phenoxy) is 1. The zero-order chi connectivity index (χ0) is 12.5. The first-order valence-electron chi connectivity index (χ1n) is 6.25. The van der Waals surface area contributed by atoms with Gasteiger partial charge in [-0.2, -0.15) is 0 Å². The van der Waals surface area contributed by atoms with Gasteiger partial charge in [-0.1, -0.05) is 37.3 Å². The summed E-state index contributed by atoms with van der Waals surface area (Å²) in [5, 5.41) is 0. The van der Waals surface area contributed by atoms with Crippen molar-refractivity contribution in [1.29, 1.82) is 0 Å². The van der Waals surface area contributed by atoms with Gasteiger partial charge >= 0.3 is 0 Å². The second-order valence-electron chi connectivity index (χ2n) is 4.68. The van der Waals surface area contributed by atoms with Gasteiger partial charge in [0.25, 0.3) is 0 Å². The molecule has 0 fully saturated rings. The maximum Gasteiger partial charge on any atom is 0.0488 e. The predicted octanol–water partition coefficient (Wildman–Crippen LogP) is 2.12. The molecule has 1 rings (SSSR count). The van der Waals surface area contributed by atoms with Crippen LogP contribution in [0.1, 0.15) is 25.3 Å². The minimum absolute atomic E-state index is 0.361. The van der Waals surface area contributed by atoms with E-state index in [0.29, 0.717) is 12.0 Å². The van der Waals surface area contributed by atoms with E-state index in [2.05, 4.69) is 36.6 Å². The minimum Gasteiger partial charge on any atom is -0.384 e. The van der Waals surface area contributed by atoms with Crippen LogP contribution in [0.15, 0.2) is 30.3 Å². The molecule has 0 aliphatic heterocycles.